The van der Waals surface area contributed by atoms with Crippen molar-refractivity contribution in [2.75, 3.05) is 6.61 Å². The van der Waals surface area contributed by atoms with Gasteiger partial charge in [0, 0.05) is 6.54 Å². The Kier molecular flexibility index (Phi) is 3.73. The van der Waals surface area contributed by atoms with Gasteiger partial charge in [-0.3, -0.25) is 14.2 Å². The standard InChI is InChI=1S/C17H15NO5/c1-3-18-15(20)12(17(21)22-4-2)9-11-14(19)10-7-5-6-8-13(10)23-16(11)18/h5-9H,3-4H2,1-2H3. The minimum atomic E-state index is -0.742. The summed E-state index contributed by atoms with van der Waals surface area (Å²) in [4.78, 5) is 37.1. The van der Waals surface area contributed by atoms with E-state index >= 15 is 0 Å². The molecule has 3 rings (SSSR count). The molecule has 3 aromatic rings. The predicted octanol–water partition coefficient (Wildman–Crippen LogP) is 2.30. The van der Waals surface area contributed by atoms with Crippen molar-refractivity contribution in [1.29, 1.82) is 0 Å². The number of esters is 1. The summed E-state index contributed by atoms with van der Waals surface area (Å²) in [6.07, 6.45) is 0. The fourth-order valence-corrected chi connectivity index (χ4v) is 2.56. The monoisotopic (exact) mass is 313 g/mol. The number of rotatable bonds is 3. The molecule has 0 amide bonds. The van der Waals surface area contributed by atoms with Crippen molar-refractivity contribution >= 4 is 28.0 Å². The van der Waals surface area contributed by atoms with Crippen molar-refractivity contribution in [1.82, 2.24) is 4.57 Å². The molecule has 0 aliphatic rings. The van der Waals surface area contributed by atoms with Crippen LogP contribution in [0.2, 0.25) is 0 Å². The number of aromatic nitrogens is 1. The Morgan fingerprint density at radius 3 is 2.61 bits per heavy atom. The van der Waals surface area contributed by atoms with Gasteiger partial charge in [0.05, 0.1) is 17.4 Å². The first-order valence-corrected chi connectivity index (χ1v) is 7.35. The minimum absolute atomic E-state index is 0.148. The third kappa shape index (κ3) is 2.32. The molecular formula is C17H15NO5. The van der Waals surface area contributed by atoms with Gasteiger partial charge in [-0.05, 0) is 32.0 Å². The van der Waals surface area contributed by atoms with Crippen molar-refractivity contribution in [3.8, 4) is 0 Å². The highest BCUT2D eigenvalue weighted by Gasteiger charge is 2.19. The van der Waals surface area contributed by atoms with E-state index in [1.54, 1.807) is 38.1 Å². The minimum Gasteiger partial charge on any atom is -0.462 e. The molecule has 0 fully saturated rings. The van der Waals surface area contributed by atoms with Crippen LogP contribution in [0.1, 0.15) is 24.2 Å². The van der Waals surface area contributed by atoms with Crippen LogP contribution in [0.3, 0.4) is 0 Å². The number of nitrogens with zero attached hydrogens (tertiary/aromatic N) is 1. The topological polar surface area (TPSA) is 78.5 Å². The molecule has 0 unspecified atom stereocenters. The zero-order valence-corrected chi connectivity index (χ0v) is 12.8. The summed E-state index contributed by atoms with van der Waals surface area (Å²) in [6.45, 7) is 3.81. The molecule has 1 aromatic carbocycles. The second-order valence-corrected chi connectivity index (χ2v) is 4.97. The molecule has 0 saturated heterocycles. The van der Waals surface area contributed by atoms with Gasteiger partial charge in [-0.25, -0.2) is 4.79 Å². The molecule has 23 heavy (non-hydrogen) atoms. The van der Waals surface area contributed by atoms with Crippen LogP contribution in [0.25, 0.3) is 22.1 Å². The average molecular weight is 313 g/mol. The molecule has 0 aliphatic carbocycles. The van der Waals surface area contributed by atoms with Crippen LogP contribution < -0.4 is 11.0 Å². The molecule has 0 spiro atoms. The number of aryl methyl sites for hydroxylation is 1. The molecule has 6 heteroatoms. The molecular weight excluding hydrogens is 298 g/mol. The summed E-state index contributed by atoms with van der Waals surface area (Å²) in [6, 6.07) is 8.05. The zero-order valence-electron chi connectivity index (χ0n) is 12.8. The normalized spacial score (nSPS) is 11.0. The predicted molar refractivity (Wildman–Crippen MR) is 85.9 cm³/mol. The molecule has 0 aliphatic heterocycles. The number of ether oxygens (including phenoxy) is 1. The van der Waals surface area contributed by atoms with E-state index in [1.165, 1.54) is 10.6 Å². The van der Waals surface area contributed by atoms with Crippen LogP contribution in [0.4, 0.5) is 0 Å². The van der Waals surface area contributed by atoms with Gasteiger partial charge < -0.3 is 9.15 Å². The van der Waals surface area contributed by atoms with Crippen LogP contribution in [-0.2, 0) is 11.3 Å². The quantitative estimate of drug-likeness (QED) is 0.547. The molecule has 0 saturated carbocycles. The van der Waals surface area contributed by atoms with E-state index in [0.717, 1.165) is 0 Å². The zero-order chi connectivity index (χ0) is 16.6. The van der Waals surface area contributed by atoms with Gasteiger partial charge in [0.25, 0.3) is 5.56 Å². The first-order chi connectivity index (χ1) is 11.1. The molecule has 2 heterocycles. The maximum absolute atomic E-state index is 12.7. The molecule has 2 aromatic heterocycles. The Hall–Kier alpha value is -2.89. The lowest BCUT2D eigenvalue weighted by Gasteiger charge is -2.10. The molecule has 0 atom stereocenters. The largest absolute Gasteiger partial charge is 0.462 e. The van der Waals surface area contributed by atoms with Gasteiger partial charge in [-0.15, -0.1) is 0 Å². The number of carbonyl (C=O) groups is 1. The molecule has 0 bridgehead atoms. The highest BCUT2D eigenvalue weighted by atomic mass is 16.5. The summed E-state index contributed by atoms with van der Waals surface area (Å²) in [5.74, 6) is -0.742. The lowest BCUT2D eigenvalue weighted by molar-refractivity contribution is 0.0524. The van der Waals surface area contributed by atoms with Crippen LogP contribution in [0.15, 0.2) is 44.3 Å². The Balaban J connectivity index is 2.48. The number of fused-ring (bicyclic) bond motifs is 2. The van der Waals surface area contributed by atoms with Crippen molar-refractivity contribution in [3.05, 3.63) is 56.5 Å². The van der Waals surface area contributed by atoms with Gasteiger partial charge in [-0.1, -0.05) is 12.1 Å². The molecule has 118 valence electrons. The number of carbonyl (C=O) groups excluding carboxylic acids is 1. The number of hydrogen-bond acceptors (Lipinski definition) is 5. The highest BCUT2D eigenvalue weighted by molar-refractivity contribution is 5.95. The Morgan fingerprint density at radius 2 is 1.91 bits per heavy atom. The second kappa shape index (κ2) is 5.72. The number of pyridine rings is 1. The van der Waals surface area contributed by atoms with Crippen LogP contribution in [0.5, 0.6) is 0 Å². The van der Waals surface area contributed by atoms with Crippen molar-refractivity contribution in [3.63, 3.8) is 0 Å². The van der Waals surface area contributed by atoms with Gasteiger partial charge in [-0.2, -0.15) is 0 Å². The SMILES string of the molecule is CCOC(=O)c1cc2c(=O)c3ccccc3oc2n(CC)c1=O. The van der Waals surface area contributed by atoms with Crippen LogP contribution >= 0.6 is 0 Å². The van der Waals surface area contributed by atoms with Crippen molar-refractivity contribution in [2.45, 2.75) is 20.4 Å². The van der Waals surface area contributed by atoms with Crippen molar-refractivity contribution < 1.29 is 13.9 Å². The summed E-state index contributed by atoms with van der Waals surface area (Å²) in [7, 11) is 0. The van der Waals surface area contributed by atoms with Crippen LogP contribution in [0, 0.1) is 0 Å². The molecule has 0 radical (unpaired) electrons. The van der Waals surface area contributed by atoms with E-state index < -0.39 is 11.5 Å². The first kappa shape index (κ1) is 15.0. The number of hydrogen-bond donors (Lipinski definition) is 0. The van der Waals surface area contributed by atoms with Crippen LogP contribution in [-0.4, -0.2) is 17.1 Å². The van der Waals surface area contributed by atoms with E-state index in [9.17, 15) is 14.4 Å². The first-order valence-electron chi connectivity index (χ1n) is 7.35. The van der Waals surface area contributed by atoms with E-state index in [2.05, 4.69) is 0 Å². The van der Waals surface area contributed by atoms with E-state index in [4.69, 9.17) is 9.15 Å². The number of benzene rings is 1. The van der Waals surface area contributed by atoms with E-state index in [-0.39, 0.29) is 35.2 Å². The molecule has 0 N–H and O–H groups in total. The van der Waals surface area contributed by atoms with Gasteiger partial charge in [0.1, 0.15) is 11.1 Å². The summed E-state index contributed by atoms with van der Waals surface area (Å²) in [5.41, 5.74) is -0.417. The maximum atomic E-state index is 12.7. The fraction of sp³-hybridized carbons (Fsp3) is 0.235. The summed E-state index contributed by atoms with van der Waals surface area (Å²) < 4.78 is 11.9. The average Bonchev–Trinajstić information content (AvgIpc) is 2.55. The summed E-state index contributed by atoms with van der Waals surface area (Å²) in [5, 5.41) is 0.587. The van der Waals surface area contributed by atoms with Gasteiger partial charge in [0.15, 0.2) is 0 Å². The van der Waals surface area contributed by atoms with Gasteiger partial charge in [0.2, 0.25) is 11.1 Å². The smallest absolute Gasteiger partial charge is 0.343 e. The highest BCUT2D eigenvalue weighted by Crippen LogP contribution is 2.18. The second-order valence-electron chi connectivity index (χ2n) is 4.97. The lowest BCUT2D eigenvalue weighted by Crippen LogP contribution is -2.28. The Morgan fingerprint density at radius 1 is 1.17 bits per heavy atom. The maximum Gasteiger partial charge on any atom is 0.343 e. The molecule has 6 nitrogen and oxygen atoms in total. The third-order valence-corrected chi connectivity index (χ3v) is 3.63. The Labute approximate surface area is 130 Å². The van der Waals surface area contributed by atoms with Crippen molar-refractivity contribution in [2.24, 2.45) is 0 Å². The van der Waals surface area contributed by atoms with E-state index in [0.29, 0.717) is 11.0 Å². The Bertz CT molecular complexity index is 1030. The summed E-state index contributed by atoms with van der Waals surface area (Å²) >= 11 is 0. The third-order valence-electron chi connectivity index (χ3n) is 3.63. The fourth-order valence-electron chi connectivity index (χ4n) is 2.56. The van der Waals surface area contributed by atoms with Gasteiger partial charge >= 0.3 is 5.97 Å². The van der Waals surface area contributed by atoms with E-state index in [1.807, 2.05) is 0 Å². The number of para-hydroxylation sites is 1. The lowest BCUT2D eigenvalue weighted by atomic mass is 10.1.